The van der Waals surface area contributed by atoms with Crippen molar-refractivity contribution in [1.29, 1.82) is 0 Å². The minimum Gasteiger partial charge on any atom is -0.352 e. The summed E-state index contributed by atoms with van der Waals surface area (Å²) in [7, 11) is -3.53. The summed E-state index contributed by atoms with van der Waals surface area (Å²) in [4.78, 5) is 12.9. The zero-order valence-electron chi connectivity index (χ0n) is 17.0. The highest BCUT2D eigenvalue weighted by atomic mass is 32.2. The van der Waals surface area contributed by atoms with Crippen molar-refractivity contribution in [2.24, 2.45) is 5.92 Å². The molecule has 0 radical (unpaired) electrons. The van der Waals surface area contributed by atoms with Gasteiger partial charge in [-0.15, -0.1) is 0 Å². The van der Waals surface area contributed by atoms with Gasteiger partial charge in [0.15, 0.2) is 0 Å². The average molecular weight is 395 g/mol. The number of amides is 1. The van der Waals surface area contributed by atoms with Gasteiger partial charge in [-0.3, -0.25) is 4.79 Å². The third-order valence-electron chi connectivity index (χ3n) is 5.50. The van der Waals surface area contributed by atoms with E-state index in [1.54, 1.807) is 22.5 Å². The number of nitrogens with one attached hydrogen (secondary N) is 1. The zero-order chi connectivity index (χ0) is 19.9. The van der Waals surface area contributed by atoms with Crippen molar-refractivity contribution in [2.75, 3.05) is 19.6 Å². The Morgan fingerprint density at radius 2 is 1.89 bits per heavy atom. The molecule has 1 saturated heterocycles. The zero-order valence-corrected chi connectivity index (χ0v) is 17.8. The molecule has 0 bridgehead atoms. The molecule has 1 amide bonds. The van der Waals surface area contributed by atoms with Crippen LogP contribution < -0.4 is 5.32 Å². The molecule has 27 heavy (non-hydrogen) atoms. The molecular weight excluding hydrogens is 360 g/mol. The monoisotopic (exact) mass is 394 g/mol. The highest BCUT2D eigenvalue weighted by Crippen LogP contribution is 2.23. The van der Waals surface area contributed by atoms with Gasteiger partial charge in [0.05, 0.1) is 4.90 Å². The number of nitrogens with zero attached hydrogens (tertiary/aromatic N) is 1. The van der Waals surface area contributed by atoms with Gasteiger partial charge in [-0.2, -0.15) is 4.31 Å². The molecule has 152 valence electrons. The SMILES string of the molecule is CCCC[C@@H](CC)CNC(=O)c1cc(S(=O)(=O)N2CCCCC2)ccc1C. The number of sulfonamides is 1. The number of unbranched alkanes of at least 4 members (excludes halogenated alkanes) is 1. The summed E-state index contributed by atoms with van der Waals surface area (Å²) in [6.45, 7) is 7.92. The first-order valence-electron chi connectivity index (χ1n) is 10.3. The first-order valence-corrected chi connectivity index (χ1v) is 11.7. The van der Waals surface area contributed by atoms with Gasteiger partial charge in [0.2, 0.25) is 10.0 Å². The Hall–Kier alpha value is -1.40. The Kier molecular flexibility index (Phi) is 8.29. The second-order valence-corrected chi connectivity index (χ2v) is 9.51. The van der Waals surface area contributed by atoms with Crippen molar-refractivity contribution in [3.05, 3.63) is 29.3 Å². The molecule has 0 saturated carbocycles. The van der Waals surface area contributed by atoms with Crippen LogP contribution in [-0.2, 0) is 10.0 Å². The Morgan fingerprint density at radius 1 is 1.19 bits per heavy atom. The second kappa shape index (κ2) is 10.2. The van der Waals surface area contributed by atoms with Crippen LogP contribution in [0.5, 0.6) is 0 Å². The number of carbonyl (C=O) groups excluding carboxylic acids is 1. The van der Waals surface area contributed by atoms with Gasteiger partial charge in [0.25, 0.3) is 5.91 Å². The van der Waals surface area contributed by atoms with Gasteiger partial charge in [0, 0.05) is 25.2 Å². The first kappa shape index (κ1) is 21.9. The first-order chi connectivity index (χ1) is 12.9. The Bertz CT molecular complexity index is 725. The van der Waals surface area contributed by atoms with Crippen LogP contribution in [-0.4, -0.2) is 38.3 Å². The molecule has 2 rings (SSSR count). The molecule has 1 heterocycles. The number of aryl methyl sites for hydroxylation is 1. The quantitative estimate of drug-likeness (QED) is 0.685. The van der Waals surface area contributed by atoms with E-state index in [0.29, 0.717) is 31.1 Å². The van der Waals surface area contributed by atoms with Crippen LogP contribution in [0.2, 0.25) is 0 Å². The molecule has 1 N–H and O–H groups in total. The maximum absolute atomic E-state index is 12.9. The molecule has 1 aliphatic heterocycles. The molecule has 0 unspecified atom stereocenters. The molecule has 1 aliphatic rings. The summed E-state index contributed by atoms with van der Waals surface area (Å²) in [5.41, 5.74) is 1.25. The van der Waals surface area contributed by atoms with Gasteiger partial charge in [-0.1, -0.05) is 45.6 Å². The number of carbonyl (C=O) groups is 1. The summed E-state index contributed by atoms with van der Waals surface area (Å²) in [6, 6.07) is 4.90. The topological polar surface area (TPSA) is 66.5 Å². The van der Waals surface area contributed by atoms with E-state index in [1.165, 1.54) is 0 Å². The molecule has 1 fully saturated rings. The van der Waals surface area contributed by atoms with Gasteiger partial charge < -0.3 is 5.32 Å². The summed E-state index contributed by atoms with van der Waals surface area (Å²) < 4.78 is 27.3. The van der Waals surface area contributed by atoms with Gasteiger partial charge in [0.1, 0.15) is 0 Å². The van der Waals surface area contributed by atoms with E-state index in [2.05, 4.69) is 19.2 Å². The van der Waals surface area contributed by atoms with Crippen molar-refractivity contribution >= 4 is 15.9 Å². The molecule has 0 aliphatic carbocycles. The average Bonchev–Trinajstić information content (AvgIpc) is 2.68. The number of rotatable bonds is 9. The largest absolute Gasteiger partial charge is 0.352 e. The van der Waals surface area contributed by atoms with E-state index in [0.717, 1.165) is 50.5 Å². The van der Waals surface area contributed by atoms with Crippen LogP contribution in [0, 0.1) is 12.8 Å². The lowest BCUT2D eigenvalue weighted by molar-refractivity contribution is 0.0945. The Balaban J connectivity index is 2.12. The summed E-state index contributed by atoms with van der Waals surface area (Å²) in [5, 5.41) is 3.01. The third kappa shape index (κ3) is 5.79. The minimum absolute atomic E-state index is 0.182. The number of benzene rings is 1. The van der Waals surface area contributed by atoms with Gasteiger partial charge in [-0.25, -0.2) is 8.42 Å². The van der Waals surface area contributed by atoms with Crippen molar-refractivity contribution in [3.63, 3.8) is 0 Å². The van der Waals surface area contributed by atoms with Gasteiger partial charge >= 0.3 is 0 Å². The van der Waals surface area contributed by atoms with E-state index in [9.17, 15) is 13.2 Å². The third-order valence-corrected chi connectivity index (χ3v) is 7.40. The van der Waals surface area contributed by atoms with Crippen LogP contribution in [0.1, 0.15) is 74.7 Å². The summed E-state index contributed by atoms with van der Waals surface area (Å²) >= 11 is 0. The summed E-state index contributed by atoms with van der Waals surface area (Å²) in [6.07, 6.45) is 7.32. The Labute approximate surface area is 164 Å². The second-order valence-electron chi connectivity index (χ2n) is 7.57. The maximum atomic E-state index is 12.9. The lowest BCUT2D eigenvalue weighted by Gasteiger charge is -2.26. The molecule has 6 heteroatoms. The fourth-order valence-corrected chi connectivity index (χ4v) is 5.08. The van der Waals surface area contributed by atoms with E-state index in [-0.39, 0.29) is 10.8 Å². The highest BCUT2D eigenvalue weighted by Gasteiger charge is 2.27. The predicted molar refractivity (Wildman–Crippen MR) is 109 cm³/mol. The fraction of sp³-hybridized carbons (Fsp3) is 0.667. The smallest absolute Gasteiger partial charge is 0.251 e. The molecular formula is C21H34N2O3S. The molecule has 1 atom stereocenters. The van der Waals surface area contributed by atoms with E-state index >= 15 is 0 Å². The highest BCUT2D eigenvalue weighted by molar-refractivity contribution is 7.89. The summed E-state index contributed by atoms with van der Waals surface area (Å²) in [5.74, 6) is 0.285. The molecule has 5 nitrogen and oxygen atoms in total. The van der Waals surface area contributed by atoms with Crippen LogP contribution in [0.15, 0.2) is 23.1 Å². The predicted octanol–water partition coefficient (Wildman–Crippen LogP) is 4.12. The van der Waals surface area contributed by atoms with Crippen molar-refractivity contribution in [3.8, 4) is 0 Å². The number of piperidine rings is 1. The lowest BCUT2D eigenvalue weighted by Crippen LogP contribution is -2.36. The lowest BCUT2D eigenvalue weighted by atomic mass is 9.99. The van der Waals surface area contributed by atoms with Crippen molar-refractivity contribution < 1.29 is 13.2 Å². The molecule has 1 aromatic carbocycles. The maximum Gasteiger partial charge on any atom is 0.251 e. The molecule has 0 spiro atoms. The fourth-order valence-electron chi connectivity index (χ4n) is 3.54. The van der Waals surface area contributed by atoms with E-state index < -0.39 is 10.0 Å². The molecule has 0 aromatic heterocycles. The van der Waals surface area contributed by atoms with E-state index in [4.69, 9.17) is 0 Å². The standard InChI is InChI=1S/C21H34N2O3S/c1-4-6-10-18(5-2)16-22-21(24)20-15-19(12-11-17(20)3)27(25,26)23-13-8-7-9-14-23/h11-12,15,18H,4-10,13-14,16H2,1-3H3,(H,22,24)/t18-/m1/s1. The number of hydrogen-bond donors (Lipinski definition) is 1. The van der Waals surface area contributed by atoms with Crippen LogP contribution in [0.3, 0.4) is 0 Å². The normalized spacial score (nSPS) is 16.9. The van der Waals surface area contributed by atoms with Crippen LogP contribution >= 0.6 is 0 Å². The Morgan fingerprint density at radius 3 is 2.52 bits per heavy atom. The van der Waals surface area contributed by atoms with E-state index in [1.807, 2.05) is 6.92 Å². The van der Waals surface area contributed by atoms with Crippen LogP contribution in [0.25, 0.3) is 0 Å². The van der Waals surface area contributed by atoms with Crippen LogP contribution in [0.4, 0.5) is 0 Å². The van der Waals surface area contributed by atoms with Gasteiger partial charge in [-0.05, 0) is 49.8 Å². The van der Waals surface area contributed by atoms with Crippen molar-refractivity contribution in [1.82, 2.24) is 9.62 Å². The van der Waals surface area contributed by atoms with Crippen molar-refractivity contribution in [2.45, 2.75) is 70.6 Å². The minimum atomic E-state index is -3.53. The molecule has 1 aromatic rings. The number of hydrogen-bond acceptors (Lipinski definition) is 3.